The number of hydrogen-bond acceptors (Lipinski definition) is 6. The highest BCUT2D eigenvalue weighted by Crippen LogP contribution is 2.37. The predicted octanol–water partition coefficient (Wildman–Crippen LogP) is 5.93. The maximum absolute atomic E-state index is 12.7. The quantitative estimate of drug-likeness (QED) is 0.247. The Labute approximate surface area is 226 Å². The summed E-state index contributed by atoms with van der Waals surface area (Å²) in [4.78, 5) is 25.1. The summed E-state index contributed by atoms with van der Waals surface area (Å²) in [6.45, 7) is 5.99. The van der Waals surface area contributed by atoms with Crippen LogP contribution >= 0.6 is 11.6 Å². The summed E-state index contributed by atoms with van der Waals surface area (Å²) in [5.41, 5.74) is 3.53. The maximum atomic E-state index is 12.7. The van der Waals surface area contributed by atoms with Gasteiger partial charge in [-0.1, -0.05) is 29.3 Å². The fraction of sp³-hybridized carbons (Fsp3) is 0.207. The molecule has 9 heteroatoms. The molecule has 0 saturated carbocycles. The second-order valence-corrected chi connectivity index (χ2v) is 8.68. The molecule has 196 valence electrons. The number of amides is 2. The van der Waals surface area contributed by atoms with Crippen molar-refractivity contribution in [1.82, 2.24) is 0 Å². The number of carbonyl (C=O) groups is 2. The summed E-state index contributed by atoms with van der Waals surface area (Å²) in [6.07, 6.45) is 1.38. The van der Waals surface area contributed by atoms with E-state index in [1.54, 1.807) is 30.3 Å². The van der Waals surface area contributed by atoms with Gasteiger partial charge in [0.05, 0.1) is 18.7 Å². The average Bonchev–Trinajstić information content (AvgIpc) is 2.89. The van der Waals surface area contributed by atoms with Gasteiger partial charge in [-0.15, -0.1) is 0 Å². The molecule has 0 radical (unpaired) electrons. The zero-order chi connectivity index (χ0) is 27.7. The van der Waals surface area contributed by atoms with Crippen molar-refractivity contribution in [3.8, 4) is 23.3 Å². The first-order chi connectivity index (χ1) is 18.2. The summed E-state index contributed by atoms with van der Waals surface area (Å²) < 4.78 is 16.4. The van der Waals surface area contributed by atoms with Gasteiger partial charge in [0, 0.05) is 11.4 Å². The number of halogens is 1. The van der Waals surface area contributed by atoms with Crippen LogP contribution in [0.25, 0.3) is 6.08 Å². The van der Waals surface area contributed by atoms with Crippen molar-refractivity contribution >= 4 is 40.9 Å². The van der Waals surface area contributed by atoms with Crippen LogP contribution in [0.15, 0.2) is 60.2 Å². The van der Waals surface area contributed by atoms with Crippen molar-refractivity contribution in [3.63, 3.8) is 0 Å². The zero-order valence-corrected chi connectivity index (χ0v) is 22.3. The number of benzene rings is 3. The highest BCUT2D eigenvalue weighted by atomic mass is 35.5. The number of anilines is 2. The number of carbonyl (C=O) groups excluding carboxylic acids is 2. The van der Waals surface area contributed by atoms with Gasteiger partial charge in [0.15, 0.2) is 18.1 Å². The molecule has 0 fully saturated rings. The van der Waals surface area contributed by atoms with Crippen LogP contribution in [0, 0.1) is 25.2 Å². The molecule has 2 N–H and O–H groups in total. The fourth-order valence-corrected chi connectivity index (χ4v) is 3.83. The molecule has 8 nitrogen and oxygen atoms in total. The first-order valence-corrected chi connectivity index (χ1v) is 12.1. The van der Waals surface area contributed by atoms with Crippen LogP contribution in [0.5, 0.6) is 17.2 Å². The van der Waals surface area contributed by atoms with Crippen LogP contribution < -0.4 is 24.8 Å². The van der Waals surface area contributed by atoms with Crippen molar-refractivity contribution in [3.05, 3.63) is 81.9 Å². The van der Waals surface area contributed by atoms with Crippen LogP contribution in [0.2, 0.25) is 5.02 Å². The van der Waals surface area contributed by atoms with Gasteiger partial charge in [0.25, 0.3) is 11.8 Å². The number of nitriles is 1. The van der Waals surface area contributed by atoms with E-state index in [4.69, 9.17) is 25.8 Å². The van der Waals surface area contributed by atoms with Gasteiger partial charge in [-0.2, -0.15) is 5.26 Å². The van der Waals surface area contributed by atoms with E-state index in [0.29, 0.717) is 29.3 Å². The number of hydrogen-bond donors (Lipinski definition) is 2. The molecule has 0 aromatic heterocycles. The van der Waals surface area contributed by atoms with Crippen molar-refractivity contribution in [2.75, 3.05) is 31.0 Å². The molecule has 0 heterocycles. The topological polar surface area (TPSA) is 110 Å². The second-order valence-electron chi connectivity index (χ2n) is 8.27. The molecule has 0 aliphatic heterocycles. The average molecular weight is 534 g/mol. The van der Waals surface area contributed by atoms with Crippen molar-refractivity contribution in [1.29, 1.82) is 5.26 Å². The van der Waals surface area contributed by atoms with Gasteiger partial charge < -0.3 is 24.8 Å². The summed E-state index contributed by atoms with van der Waals surface area (Å²) >= 11 is 6.41. The lowest BCUT2D eigenvalue weighted by Crippen LogP contribution is -2.21. The lowest BCUT2D eigenvalue weighted by Gasteiger charge is -2.14. The number of rotatable bonds is 10. The molecule has 0 aliphatic rings. The van der Waals surface area contributed by atoms with E-state index in [9.17, 15) is 14.9 Å². The second kappa shape index (κ2) is 13.2. The molecule has 0 saturated heterocycles. The van der Waals surface area contributed by atoms with E-state index in [-0.39, 0.29) is 34.6 Å². The Morgan fingerprint density at radius 2 is 1.76 bits per heavy atom. The normalized spacial score (nSPS) is 10.8. The summed E-state index contributed by atoms with van der Waals surface area (Å²) in [6, 6.07) is 17.5. The van der Waals surface area contributed by atoms with Crippen LogP contribution in [-0.2, 0) is 9.59 Å². The fourth-order valence-electron chi connectivity index (χ4n) is 3.56. The van der Waals surface area contributed by atoms with E-state index < -0.39 is 5.91 Å². The Balaban J connectivity index is 1.71. The van der Waals surface area contributed by atoms with Crippen LogP contribution in [0.4, 0.5) is 11.4 Å². The van der Waals surface area contributed by atoms with Crippen LogP contribution in [0.3, 0.4) is 0 Å². The van der Waals surface area contributed by atoms with E-state index in [1.165, 1.54) is 19.3 Å². The van der Waals surface area contributed by atoms with Crippen LogP contribution in [0.1, 0.15) is 23.6 Å². The minimum absolute atomic E-state index is 0.140. The first kappa shape index (κ1) is 28.1. The molecule has 3 rings (SSSR count). The molecule has 0 spiro atoms. The van der Waals surface area contributed by atoms with Gasteiger partial charge in [-0.05, 0) is 80.4 Å². The summed E-state index contributed by atoms with van der Waals surface area (Å²) in [7, 11) is 1.42. The SMILES string of the molecule is CCOc1ccc(NC(=O)/C(C#N)=C/c2cc(Cl)c(OCC(=O)Nc3ccc(C)cc3C)c(OC)c2)cc1. The van der Waals surface area contributed by atoms with Crippen molar-refractivity contribution in [2.45, 2.75) is 20.8 Å². The van der Waals surface area contributed by atoms with Gasteiger partial charge in [-0.25, -0.2) is 0 Å². The molecule has 0 atom stereocenters. The monoisotopic (exact) mass is 533 g/mol. The molecule has 0 aliphatic carbocycles. The summed E-state index contributed by atoms with van der Waals surface area (Å²) in [5.74, 6) is 0.131. The van der Waals surface area contributed by atoms with E-state index in [0.717, 1.165) is 11.1 Å². The predicted molar refractivity (Wildman–Crippen MR) is 148 cm³/mol. The van der Waals surface area contributed by atoms with Gasteiger partial charge in [-0.3, -0.25) is 9.59 Å². The van der Waals surface area contributed by atoms with Gasteiger partial charge >= 0.3 is 0 Å². The van der Waals surface area contributed by atoms with Gasteiger partial charge in [0.1, 0.15) is 17.4 Å². The lowest BCUT2D eigenvalue weighted by atomic mass is 10.1. The Morgan fingerprint density at radius 3 is 2.39 bits per heavy atom. The molecular weight excluding hydrogens is 506 g/mol. The van der Waals surface area contributed by atoms with Crippen molar-refractivity contribution < 1.29 is 23.8 Å². The van der Waals surface area contributed by atoms with Crippen molar-refractivity contribution in [2.24, 2.45) is 0 Å². The molecule has 3 aromatic carbocycles. The third-order valence-corrected chi connectivity index (χ3v) is 5.64. The van der Waals surface area contributed by atoms with E-state index >= 15 is 0 Å². The molecular formula is C29H28ClN3O5. The molecule has 2 amide bonds. The van der Waals surface area contributed by atoms with E-state index in [2.05, 4.69) is 10.6 Å². The number of ether oxygens (including phenoxy) is 3. The number of aryl methyl sites for hydroxylation is 2. The third-order valence-electron chi connectivity index (χ3n) is 5.35. The minimum atomic E-state index is -0.588. The third kappa shape index (κ3) is 7.51. The Hall–Kier alpha value is -4.48. The molecule has 0 bridgehead atoms. The Kier molecular flexibility index (Phi) is 9.74. The van der Waals surface area contributed by atoms with E-state index in [1.807, 2.05) is 45.0 Å². The smallest absolute Gasteiger partial charge is 0.266 e. The molecule has 38 heavy (non-hydrogen) atoms. The largest absolute Gasteiger partial charge is 0.494 e. The minimum Gasteiger partial charge on any atom is -0.494 e. The highest BCUT2D eigenvalue weighted by Gasteiger charge is 2.16. The molecule has 3 aromatic rings. The number of methoxy groups -OCH3 is 1. The van der Waals surface area contributed by atoms with Gasteiger partial charge in [0.2, 0.25) is 0 Å². The zero-order valence-electron chi connectivity index (χ0n) is 21.6. The standard InChI is InChI=1S/C29H28ClN3O5/c1-5-37-23-9-7-22(8-10-23)32-29(35)21(16-31)13-20-14-24(30)28(26(15-20)36-4)38-17-27(34)33-25-11-6-18(2)12-19(25)3/h6-15H,5,17H2,1-4H3,(H,32,35)(H,33,34)/b21-13+. The molecule has 0 unspecified atom stereocenters. The van der Waals surface area contributed by atoms with Crippen LogP contribution in [-0.4, -0.2) is 32.1 Å². The highest BCUT2D eigenvalue weighted by molar-refractivity contribution is 6.32. The maximum Gasteiger partial charge on any atom is 0.266 e. The number of nitrogens with one attached hydrogen (secondary N) is 2. The number of nitrogens with zero attached hydrogens (tertiary/aromatic N) is 1. The Morgan fingerprint density at radius 1 is 1.03 bits per heavy atom. The Bertz CT molecular complexity index is 1390. The first-order valence-electron chi connectivity index (χ1n) is 11.8. The lowest BCUT2D eigenvalue weighted by molar-refractivity contribution is -0.118. The summed E-state index contributed by atoms with van der Waals surface area (Å²) in [5, 5.41) is 15.2.